The van der Waals surface area contributed by atoms with Crippen LogP contribution in [-0.2, 0) is 23.1 Å². The van der Waals surface area contributed by atoms with Gasteiger partial charge in [0.25, 0.3) is 18.3 Å². The molecule has 0 spiro atoms. The second-order valence-electron chi connectivity index (χ2n) is 14.2. The van der Waals surface area contributed by atoms with Gasteiger partial charge < -0.3 is 34.1 Å². The van der Waals surface area contributed by atoms with Crippen LogP contribution in [0, 0.1) is 11.8 Å². The molecule has 274 valence electrons. The van der Waals surface area contributed by atoms with Crippen LogP contribution in [0.2, 0.25) is 0 Å². The van der Waals surface area contributed by atoms with Crippen LogP contribution in [0.25, 0.3) is 33.6 Å². The monoisotopic (exact) mass is 713 g/mol. The SMILES string of the molecule is COc1cc(C(=O)N2CC[C@@H](OC)[C@@H](N)C2)cc2nc(-c3cc4ccc5nc4n3CC(F)(F)CCC[C@@H]3C[C@H]3C(=O)N(CC(F)F)[C@@H]5C)n(C)c12. The molecule has 1 saturated carbocycles. The number of nitrogens with zero attached hydrogens (tertiary/aromatic N) is 6. The largest absolute Gasteiger partial charge is 0.494 e. The summed E-state index contributed by atoms with van der Waals surface area (Å²) in [5, 5.41) is 0.545. The van der Waals surface area contributed by atoms with E-state index in [1.165, 1.54) is 16.6 Å². The van der Waals surface area contributed by atoms with Crippen LogP contribution in [0.3, 0.4) is 0 Å². The van der Waals surface area contributed by atoms with Gasteiger partial charge in [-0.15, -0.1) is 0 Å². The molecule has 0 radical (unpaired) electrons. The lowest BCUT2D eigenvalue weighted by Crippen LogP contribution is -2.53. The number of benzene rings is 1. The van der Waals surface area contributed by atoms with E-state index >= 15 is 8.78 Å². The van der Waals surface area contributed by atoms with Gasteiger partial charge in [-0.2, -0.15) is 0 Å². The molecule has 0 unspecified atom stereocenters. The van der Waals surface area contributed by atoms with Gasteiger partial charge in [-0.3, -0.25) is 9.59 Å². The van der Waals surface area contributed by atoms with E-state index in [9.17, 15) is 18.4 Å². The van der Waals surface area contributed by atoms with Gasteiger partial charge >= 0.3 is 0 Å². The molecule has 2 bridgehead atoms. The third-order valence-electron chi connectivity index (χ3n) is 10.8. The van der Waals surface area contributed by atoms with E-state index in [0.29, 0.717) is 77.3 Å². The third kappa shape index (κ3) is 6.54. The lowest BCUT2D eigenvalue weighted by molar-refractivity contribution is -0.137. The first-order valence-corrected chi connectivity index (χ1v) is 17.4. The number of pyridine rings is 1. The predicted octanol–water partition coefficient (Wildman–Crippen LogP) is 5.40. The van der Waals surface area contributed by atoms with Crippen LogP contribution in [0.15, 0.2) is 30.3 Å². The van der Waals surface area contributed by atoms with Gasteiger partial charge in [0.05, 0.1) is 49.2 Å². The van der Waals surface area contributed by atoms with E-state index in [4.69, 9.17) is 25.2 Å². The maximum Gasteiger partial charge on any atom is 0.265 e. The normalized spacial score (nSPS) is 25.5. The van der Waals surface area contributed by atoms with E-state index in [-0.39, 0.29) is 41.9 Å². The number of alkyl halides is 4. The van der Waals surface area contributed by atoms with Crippen molar-refractivity contribution in [1.29, 1.82) is 0 Å². The number of rotatable bonds is 6. The number of piperidine rings is 1. The van der Waals surface area contributed by atoms with Crippen LogP contribution >= 0.6 is 0 Å². The summed E-state index contributed by atoms with van der Waals surface area (Å²) in [5.41, 5.74) is 8.51. The van der Waals surface area contributed by atoms with Crippen LogP contribution < -0.4 is 10.5 Å². The Morgan fingerprint density at radius 2 is 1.92 bits per heavy atom. The highest BCUT2D eigenvalue weighted by molar-refractivity contribution is 6.00. The number of fused-ring (bicyclic) bond motifs is 3. The Bertz CT molecular complexity index is 1980. The van der Waals surface area contributed by atoms with Crippen molar-refractivity contribution < 1.29 is 36.6 Å². The van der Waals surface area contributed by atoms with Crippen molar-refractivity contribution in [2.45, 2.75) is 76.1 Å². The van der Waals surface area contributed by atoms with Crippen LogP contribution in [0.1, 0.15) is 61.1 Å². The van der Waals surface area contributed by atoms with Crippen LogP contribution in [0.5, 0.6) is 5.75 Å². The van der Waals surface area contributed by atoms with E-state index < -0.39 is 43.8 Å². The molecule has 1 aliphatic carbocycles. The number of ether oxygens (including phenoxy) is 2. The summed E-state index contributed by atoms with van der Waals surface area (Å²) in [5.74, 6) is -3.56. The molecule has 2 N–H and O–H groups in total. The highest BCUT2D eigenvalue weighted by Crippen LogP contribution is 2.46. The van der Waals surface area contributed by atoms with E-state index in [2.05, 4.69) is 0 Å². The van der Waals surface area contributed by atoms with E-state index in [0.717, 1.165) is 0 Å². The second kappa shape index (κ2) is 13.4. The summed E-state index contributed by atoms with van der Waals surface area (Å²) in [6.45, 7) is 1.01. The molecule has 2 aliphatic heterocycles. The lowest BCUT2D eigenvalue weighted by Gasteiger charge is -2.36. The maximum atomic E-state index is 15.8. The Kier molecular flexibility index (Phi) is 9.23. The zero-order chi connectivity index (χ0) is 36.4. The molecule has 2 amide bonds. The number of hydrogen-bond donors (Lipinski definition) is 1. The molecule has 5 heterocycles. The summed E-state index contributed by atoms with van der Waals surface area (Å²) in [6.07, 6.45) is -1.57. The average Bonchev–Trinajstić information content (AvgIpc) is 3.68. The molecule has 3 aromatic heterocycles. The number of halogens is 4. The Morgan fingerprint density at radius 3 is 2.63 bits per heavy atom. The van der Waals surface area contributed by atoms with Crippen LogP contribution in [0.4, 0.5) is 17.6 Å². The topological polar surface area (TPSA) is 121 Å². The Labute approximate surface area is 292 Å². The molecule has 4 aromatic rings. The summed E-state index contributed by atoms with van der Waals surface area (Å²) >= 11 is 0. The molecule has 51 heavy (non-hydrogen) atoms. The van der Waals surface area contributed by atoms with Crippen molar-refractivity contribution in [1.82, 2.24) is 28.9 Å². The third-order valence-corrected chi connectivity index (χ3v) is 10.8. The second-order valence-corrected chi connectivity index (χ2v) is 14.2. The first-order chi connectivity index (χ1) is 24.3. The molecule has 2 fully saturated rings. The van der Waals surface area contributed by atoms with Gasteiger partial charge in [0.1, 0.15) is 16.9 Å². The maximum absolute atomic E-state index is 15.8. The minimum Gasteiger partial charge on any atom is -0.494 e. The lowest BCUT2D eigenvalue weighted by atomic mass is 10.0. The zero-order valence-corrected chi connectivity index (χ0v) is 29.1. The Hall–Kier alpha value is -4.24. The Balaban J connectivity index is 1.33. The summed E-state index contributed by atoms with van der Waals surface area (Å²) in [4.78, 5) is 39.6. The summed E-state index contributed by atoms with van der Waals surface area (Å²) < 4.78 is 73.5. The summed E-state index contributed by atoms with van der Waals surface area (Å²) in [7, 11) is 4.83. The average molecular weight is 714 g/mol. The number of carbonyl (C=O) groups is 2. The van der Waals surface area contributed by atoms with Crippen molar-refractivity contribution in [2.24, 2.45) is 24.6 Å². The molecule has 1 saturated heterocycles. The van der Waals surface area contributed by atoms with Gasteiger partial charge in [-0.1, -0.05) is 0 Å². The Morgan fingerprint density at radius 1 is 1.14 bits per heavy atom. The van der Waals surface area contributed by atoms with E-state index in [1.54, 1.807) is 60.9 Å². The number of imidazole rings is 1. The number of carbonyl (C=O) groups excluding carboxylic acids is 2. The molecule has 5 atom stereocenters. The van der Waals surface area contributed by atoms with Crippen molar-refractivity contribution in [2.75, 3.05) is 33.9 Å². The molecule has 11 nitrogen and oxygen atoms in total. The number of nitrogens with two attached hydrogens (primary N) is 1. The van der Waals surface area contributed by atoms with E-state index in [1.807, 2.05) is 0 Å². The van der Waals surface area contributed by atoms with Gasteiger partial charge in [0.15, 0.2) is 5.82 Å². The van der Waals surface area contributed by atoms with Gasteiger partial charge in [0.2, 0.25) is 5.91 Å². The predicted molar refractivity (Wildman–Crippen MR) is 182 cm³/mol. The minimum absolute atomic E-state index is 0.0996. The molecule has 7 rings (SSSR count). The number of aryl methyl sites for hydroxylation is 1. The fraction of sp³-hybridized carbons (Fsp3) is 0.556. The number of methoxy groups -OCH3 is 2. The van der Waals surface area contributed by atoms with Gasteiger partial charge in [-0.25, -0.2) is 27.5 Å². The number of amides is 2. The smallest absolute Gasteiger partial charge is 0.265 e. The molecule has 15 heteroatoms. The number of likely N-dealkylation sites (tertiary alicyclic amines) is 1. The van der Waals surface area contributed by atoms with Crippen molar-refractivity contribution in [3.63, 3.8) is 0 Å². The minimum atomic E-state index is -3.12. The van der Waals surface area contributed by atoms with Crippen molar-refractivity contribution in [3.05, 3.63) is 41.6 Å². The van der Waals surface area contributed by atoms with Crippen LogP contribution in [-0.4, -0.2) is 99.1 Å². The van der Waals surface area contributed by atoms with Gasteiger partial charge in [0, 0.05) is 56.6 Å². The molecular weight excluding hydrogens is 670 g/mol. The first kappa shape index (κ1) is 35.2. The quantitative estimate of drug-likeness (QED) is 0.266. The fourth-order valence-corrected chi connectivity index (χ4v) is 7.92. The van der Waals surface area contributed by atoms with Gasteiger partial charge in [-0.05, 0) is 68.9 Å². The molecule has 3 aliphatic rings. The highest BCUT2D eigenvalue weighted by atomic mass is 19.3. The van der Waals surface area contributed by atoms with Crippen molar-refractivity contribution in [3.8, 4) is 17.3 Å². The summed E-state index contributed by atoms with van der Waals surface area (Å²) in [6, 6.07) is 7.25. The zero-order valence-electron chi connectivity index (χ0n) is 29.1. The molecular formula is C36H43F4N7O4. The first-order valence-electron chi connectivity index (χ1n) is 17.4. The standard InChI is InChI=1S/C36H43F4N7O4/c1-19-25-8-7-21-14-27(47(32(21)42-25)18-36(39,40)10-5-6-20-12-23(20)35(49)46(19)17-30(37)38)33-43-26-13-22(15-29(51-4)31(26)44(33)2)34(48)45-11-9-28(50-3)24(41)16-45/h7-8,13-15,19-20,23-24,28,30H,5-6,9-12,16-18,41H2,1-4H3/t19-,20-,23-,24+,28-/m1/s1. The highest BCUT2D eigenvalue weighted by Gasteiger charge is 2.46. The fourth-order valence-electron chi connectivity index (χ4n) is 7.92. The van der Waals surface area contributed by atoms with Crippen molar-refractivity contribution >= 4 is 33.9 Å². The molecule has 1 aromatic carbocycles. The number of hydrogen-bond acceptors (Lipinski definition) is 7. The number of aromatic nitrogens is 4.